The molecule has 0 aromatic carbocycles. The molecule has 3 heterocycles. The number of nitrogens with zero attached hydrogens (tertiary/aromatic N) is 2. The zero-order chi connectivity index (χ0) is 11.0. The summed E-state index contributed by atoms with van der Waals surface area (Å²) in [4.78, 5) is 5.51. The highest BCUT2D eigenvalue weighted by atomic mass is 15.3. The van der Waals surface area contributed by atoms with E-state index in [-0.39, 0.29) is 0 Å². The molecule has 0 spiro atoms. The predicted molar refractivity (Wildman–Crippen MR) is 66.7 cm³/mol. The lowest BCUT2D eigenvalue weighted by Gasteiger charge is -2.44. The third kappa shape index (κ3) is 1.89. The van der Waals surface area contributed by atoms with Crippen LogP contribution in [0.2, 0.25) is 0 Å². The Labute approximate surface area is 99.2 Å². The van der Waals surface area contributed by atoms with Crippen LogP contribution in [0.3, 0.4) is 0 Å². The minimum Gasteiger partial charge on any atom is -0.314 e. The molecule has 0 aliphatic carbocycles. The molecule has 3 aliphatic rings. The fourth-order valence-corrected chi connectivity index (χ4v) is 4.11. The molecule has 0 aromatic rings. The van der Waals surface area contributed by atoms with E-state index >= 15 is 0 Å². The van der Waals surface area contributed by atoms with Crippen LogP contribution >= 0.6 is 0 Å². The van der Waals surface area contributed by atoms with Crippen molar-refractivity contribution >= 4 is 0 Å². The Morgan fingerprint density at radius 2 is 1.62 bits per heavy atom. The molecule has 2 unspecified atom stereocenters. The molecule has 3 rings (SSSR count). The van der Waals surface area contributed by atoms with Gasteiger partial charge in [0.1, 0.15) is 0 Å². The molecule has 3 aliphatic heterocycles. The summed E-state index contributed by atoms with van der Waals surface area (Å²) in [6.07, 6.45) is 5.79. The molecule has 0 amide bonds. The maximum absolute atomic E-state index is 3.46. The molecule has 2 atom stereocenters. The summed E-state index contributed by atoms with van der Waals surface area (Å²) in [5.41, 5.74) is 0. The lowest BCUT2D eigenvalue weighted by atomic mass is 9.95. The van der Waals surface area contributed by atoms with Gasteiger partial charge in [-0.05, 0) is 32.2 Å². The van der Waals surface area contributed by atoms with Crippen LogP contribution in [0.25, 0.3) is 0 Å². The first-order valence-electron chi connectivity index (χ1n) is 7.09. The van der Waals surface area contributed by atoms with E-state index in [9.17, 15) is 0 Å². The molecular formula is C13H25N3. The van der Waals surface area contributed by atoms with E-state index < -0.39 is 0 Å². The second-order valence-electron chi connectivity index (χ2n) is 5.63. The minimum absolute atomic E-state index is 0.891. The predicted octanol–water partition coefficient (Wildman–Crippen LogP) is 0.907. The van der Waals surface area contributed by atoms with Gasteiger partial charge in [-0.15, -0.1) is 0 Å². The zero-order valence-corrected chi connectivity index (χ0v) is 10.5. The van der Waals surface area contributed by atoms with E-state index in [4.69, 9.17) is 0 Å². The Hall–Kier alpha value is -0.120. The van der Waals surface area contributed by atoms with Gasteiger partial charge in [-0.3, -0.25) is 9.80 Å². The van der Waals surface area contributed by atoms with Crippen molar-refractivity contribution in [3.63, 3.8) is 0 Å². The summed E-state index contributed by atoms with van der Waals surface area (Å²) in [7, 11) is 0. The largest absolute Gasteiger partial charge is 0.314 e. The topological polar surface area (TPSA) is 18.5 Å². The molecule has 3 saturated heterocycles. The second kappa shape index (κ2) is 4.63. The lowest BCUT2D eigenvalue weighted by Crippen LogP contribution is -2.54. The van der Waals surface area contributed by atoms with Crippen LogP contribution < -0.4 is 5.32 Å². The summed E-state index contributed by atoms with van der Waals surface area (Å²) in [6, 6.07) is 2.70. The van der Waals surface area contributed by atoms with Gasteiger partial charge in [-0.25, -0.2) is 0 Å². The SMILES string of the molecule is CCN1C2CCC1CC(N1CCNCC1)C2. The van der Waals surface area contributed by atoms with Crippen molar-refractivity contribution in [2.24, 2.45) is 0 Å². The van der Waals surface area contributed by atoms with Crippen LogP contribution in [-0.4, -0.2) is 60.6 Å². The van der Waals surface area contributed by atoms with Crippen molar-refractivity contribution in [2.45, 2.75) is 50.7 Å². The smallest absolute Gasteiger partial charge is 0.0126 e. The van der Waals surface area contributed by atoms with Gasteiger partial charge in [0.25, 0.3) is 0 Å². The monoisotopic (exact) mass is 223 g/mol. The molecular weight excluding hydrogens is 198 g/mol. The number of piperidine rings is 1. The Morgan fingerprint density at radius 3 is 2.19 bits per heavy atom. The van der Waals surface area contributed by atoms with E-state index in [1.165, 1.54) is 58.4 Å². The van der Waals surface area contributed by atoms with Gasteiger partial charge in [-0.1, -0.05) is 6.92 Å². The number of piperazine rings is 1. The number of fused-ring (bicyclic) bond motifs is 2. The van der Waals surface area contributed by atoms with Crippen molar-refractivity contribution in [1.29, 1.82) is 0 Å². The second-order valence-corrected chi connectivity index (χ2v) is 5.63. The quantitative estimate of drug-likeness (QED) is 0.750. The Morgan fingerprint density at radius 1 is 1.00 bits per heavy atom. The first-order chi connectivity index (χ1) is 7.88. The van der Waals surface area contributed by atoms with Crippen LogP contribution in [0.5, 0.6) is 0 Å². The van der Waals surface area contributed by atoms with Gasteiger partial charge in [0, 0.05) is 44.3 Å². The normalized spacial score (nSPS) is 41.4. The average Bonchev–Trinajstić information content (AvgIpc) is 2.59. The number of hydrogen-bond acceptors (Lipinski definition) is 3. The van der Waals surface area contributed by atoms with E-state index in [0.29, 0.717) is 0 Å². The summed E-state index contributed by atoms with van der Waals surface area (Å²) in [5.74, 6) is 0. The van der Waals surface area contributed by atoms with E-state index in [1.54, 1.807) is 0 Å². The van der Waals surface area contributed by atoms with E-state index in [1.807, 2.05) is 0 Å². The van der Waals surface area contributed by atoms with Gasteiger partial charge >= 0.3 is 0 Å². The molecule has 3 heteroatoms. The Bertz CT molecular complexity index is 223. The van der Waals surface area contributed by atoms with Crippen molar-refractivity contribution in [1.82, 2.24) is 15.1 Å². The molecule has 3 nitrogen and oxygen atoms in total. The molecule has 16 heavy (non-hydrogen) atoms. The maximum atomic E-state index is 3.46. The molecule has 92 valence electrons. The summed E-state index contributed by atoms with van der Waals surface area (Å²) in [5, 5.41) is 3.46. The number of hydrogen-bond donors (Lipinski definition) is 1. The van der Waals surface area contributed by atoms with Crippen LogP contribution in [-0.2, 0) is 0 Å². The fourth-order valence-electron chi connectivity index (χ4n) is 4.11. The zero-order valence-electron chi connectivity index (χ0n) is 10.5. The van der Waals surface area contributed by atoms with Gasteiger partial charge in [0.2, 0.25) is 0 Å². The first-order valence-corrected chi connectivity index (χ1v) is 7.09. The summed E-state index contributed by atoms with van der Waals surface area (Å²) in [6.45, 7) is 8.54. The van der Waals surface area contributed by atoms with Crippen LogP contribution in [0, 0.1) is 0 Å². The lowest BCUT2D eigenvalue weighted by molar-refractivity contribution is 0.0560. The van der Waals surface area contributed by atoms with Crippen molar-refractivity contribution < 1.29 is 0 Å². The highest BCUT2D eigenvalue weighted by Crippen LogP contribution is 2.37. The summed E-state index contributed by atoms with van der Waals surface area (Å²) < 4.78 is 0. The van der Waals surface area contributed by atoms with E-state index in [0.717, 1.165) is 18.1 Å². The number of rotatable bonds is 2. The van der Waals surface area contributed by atoms with Crippen LogP contribution in [0.4, 0.5) is 0 Å². The third-order valence-corrected chi connectivity index (χ3v) is 4.89. The highest BCUT2D eigenvalue weighted by molar-refractivity contribution is 4.98. The maximum Gasteiger partial charge on any atom is 0.0126 e. The molecule has 1 N–H and O–H groups in total. The van der Waals surface area contributed by atoms with Gasteiger partial charge in [0.05, 0.1) is 0 Å². The third-order valence-electron chi connectivity index (χ3n) is 4.89. The van der Waals surface area contributed by atoms with Crippen molar-refractivity contribution in [3.05, 3.63) is 0 Å². The molecule has 0 saturated carbocycles. The van der Waals surface area contributed by atoms with Crippen LogP contribution in [0.15, 0.2) is 0 Å². The van der Waals surface area contributed by atoms with E-state index in [2.05, 4.69) is 22.0 Å². The Kier molecular flexibility index (Phi) is 3.18. The standard InChI is InChI=1S/C13H25N3/c1-2-16-11-3-4-12(16)10-13(9-11)15-7-5-14-6-8-15/h11-14H,2-10H2,1H3. The molecule has 0 aromatic heterocycles. The van der Waals surface area contributed by atoms with Crippen LogP contribution in [0.1, 0.15) is 32.6 Å². The van der Waals surface area contributed by atoms with Crippen molar-refractivity contribution in [2.75, 3.05) is 32.7 Å². The Balaban J connectivity index is 1.63. The van der Waals surface area contributed by atoms with Gasteiger partial charge < -0.3 is 5.32 Å². The molecule has 2 bridgehead atoms. The average molecular weight is 223 g/mol. The van der Waals surface area contributed by atoms with Gasteiger partial charge in [-0.2, -0.15) is 0 Å². The molecule has 3 fully saturated rings. The van der Waals surface area contributed by atoms with Gasteiger partial charge in [0.15, 0.2) is 0 Å². The number of nitrogens with one attached hydrogen (secondary N) is 1. The van der Waals surface area contributed by atoms with Crippen molar-refractivity contribution in [3.8, 4) is 0 Å². The summed E-state index contributed by atoms with van der Waals surface area (Å²) >= 11 is 0. The first kappa shape index (κ1) is 11.0. The highest BCUT2D eigenvalue weighted by Gasteiger charge is 2.41. The minimum atomic E-state index is 0.891. The molecule has 0 radical (unpaired) electrons. The fraction of sp³-hybridized carbons (Fsp3) is 1.00.